The van der Waals surface area contributed by atoms with Crippen molar-refractivity contribution >= 4 is 29.3 Å². The summed E-state index contributed by atoms with van der Waals surface area (Å²) in [7, 11) is 1.85. The van der Waals surface area contributed by atoms with Crippen LogP contribution in [-0.4, -0.2) is 36.2 Å². The first-order valence-corrected chi connectivity index (χ1v) is 10.3. The van der Waals surface area contributed by atoms with Crippen LogP contribution in [0.4, 0.5) is 0 Å². The van der Waals surface area contributed by atoms with Gasteiger partial charge in [0.25, 0.3) is 0 Å². The fraction of sp³-hybridized carbons (Fsp3) is 0.348. The van der Waals surface area contributed by atoms with Crippen LogP contribution in [0.5, 0.6) is 0 Å². The van der Waals surface area contributed by atoms with E-state index in [1.807, 2.05) is 49.5 Å². The molecular formula is C23H23ClN2O3. The Bertz CT molecular complexity index is 971. The molecule has 0 saturated carbocycles. The lowest BCUT2D eigenvalue weighted by Crippen LogP contribution is -2.39. The third-order valence-electron chi connectivity index (χ3n) is 5.93. The predicted molar refractivity (Wildman–Crippen MR) is 112 cm³/mol. The molecule has 2 aliphatic heterocycles. The van der Waals surface area contributed by atoms with Gasteiger partial charge in [0.1, 0.15) is 0 Å². The van der Waals surface area contributed by atoms with Gasteiger partial charge in [-0.1, -0.05) is 54.1 Å². The number of hydrogen-bond donors (Lipinski definition) is 1. The van der Waals surface area contributed by atoms with E-state index in [0.717, 1.165) is 41.6 Å². The van der Waals surface area contributed by atoms with E-state index >= 15 is 0 Å². The van der Waals surface area contributed by atoms with Crippen LogP contribution in [0.3, 0.4) is 0 Å². The number of carbonyl (C=O) groups is 3. The minimum absolute atomic E-state index is 0.0897. The smallest absolute Gasteiger partial charge is 0.234 e. The molecule has 150 valence electrons. The predicted octanol–water partition coefficient (Wildman–Crippen LogP) is 3.86. The number of benzene rings is 2. The van der Waals surface area contributed by atoms with E-state index in [2.05, 4.69) is 5.32 Å². The van der Waals surface area contributed by atoms with Gasteiger partial charge in [-0.2, -0.15) is 0 Å². The highest BCUT2D eigenvalue weighted by Crippen LogP contribution is 2.38. The topological polar surface area (TPSA) is 66.5 Å². The number of nitrogens with one attached hydrogen (secondary N) is 1. The van der Waals surface area contributed by atoms with E-state index in [-0.39, 0.29) is 23.6 Å². The number of likely N-dealkylation sites (N-methyl/N-ethyl adjacent to an activating group) is 1. The van der Waals surface area contributed by atoms with Gasteiger partial charge in [-0.3, -0.25) is 19.7 Å². The molecule has 2 heterocycles. The zero-order valence-electron chi connectivity index (χ0n) is 16.3. The van der Waals surface area contributed by atoms with E-state index in [4.69, 9.17) is 11.6 Å². The second-order valence-electron chi connectivity index (χ2n) is 7.79. The van der Waals surface area contributed by atoms with Crippen LogP contribution in [0, 0.1) is 0 Å². The number of piperidine rings is 2. The number of hydrogen-bond acceptors (Lipinski definition) is 3. The van der Waals surface area contributed by atoms with Crippen LogP contribution >= 0.6 is 11.6 Å². The Labute approximate surface area is 175 Å². The summed E-state index contributed by atoms with van der Waals surface area (Å²) in [5.74, 6) is -0.877. The lowest BCUT2D eigenvalue weighted by Gasteiger charge is -2.29. The van der Waals surface area contributed by atoms with E-state index in [0.29, 0.717) is 17.9 Å². The molecule has 0 bridgehead atoms. The van der Waals surface area contributed by atoms with Crippen molar-refractivity contribution in [3.63, 3.8) is 0 Å². The lowest BCUT2D eigenvalue weighted by molar-refractivity contribution is -0.135. The Balaban J connectivity index is 1.61. The molecule has 2 aromatic carbocycles. The summed E-state index contributed by atoms with van der Waals surface area (Å²) in [6.07, 6.45) is 2.66. The molecule has 4 rings (SSSR count). The second-order valence-corrected chi connectivity index (χ2v) is 8.17. The monoisotopic (exact) mass is 410 g/mol. The first kappa shape index (κ1) is 19.6. The van der Waals surface area contributed by atoms with Crippen molar-refractivity contribution in [2.24, 2.45) is 0 Å². The summed E-state index contributed by atoms with van der Waals surface area (Å²) >= 11 is 6.68. The third kappa shape index (κ3) is 3.79. The van der Waals surface area contributed by atoms with Crippen LogP contribution < -0.4 is 5.32 Å². The van der Waals surface area contributed by atoms with Gasteiger partial charge in [0.2, 0.25) is 17.7 Å². The van der Waals surface area contributed by atoms with Crippen molar-refractivity contribution < 1.29 is 14.4 Å². The zero-order valence-corrected chi connectivity index (χ0v) is 17.0. The normalized spacial score (nSPS) is 22.6. The van der Waals surface area contributed by atoms with E-state index in [9.17, 15) is 14.4 Å². The van der Waals surface area contributed by atoms with Crippen LogP contribution in [0.15, 0.2) is 42.5 Å². The maximum Gasteiger partial charge on any atom is 0.234 e. The van der Waals surface area contributed by atoms with Crippen LogP contribution in [0.2, 0.25) is 5.02 Å². The van der Waals surface area contributed by atoms with Crippen molar-refractivity contribution in [1.82, 2.24) is 10.2 Å². The molecule has 0 radical (unpaired) electrons. The molecular weight excluding hydrogens is 388 g/mol. The summed E-state index contributed by atoms with van der Waals surface area (Å²) < 4.78 is 0. The number of likely N-dealkylation sites (tertiary alicyclic amines) is 1. The lowest BCUT2D eigenvalue weighted by atomic mass is 9.87. The number of amides is 3. The quantitative estimate of drug-likeness (QED) is 0.781. The van der Waals surface area contributed by atoms with Crippen molar-refractivity contribution in [3.05, 3.63) is 58.6 Å². The number of carbonyl (C=O) groups excluding carboxylic acids is 3. The number of halogens is 1. The Hall–Kier alpha value is -2.66. The summed E-state index contributed by atoms with van der Waals surface area (Å²) in [5, 5.41) is 2.92. The minimum atomic E-state index is -0.421. The van der Waals surface area contributed by atoms with Gasteiger partial charge < -0.3 is 4.90 Å². The molecule has 0 aliphatic carbocycles. The summed E-state index contributed by atoms with van der Waals surface area (Å²) in [5.41, 5.74) is 3.53. The number of rotatable bonds is 3. The highest BCUT2D eigenvalue weighted by molar-refractivity contribution is 6.34. The molecule has 0 aromatic heterocycles. The molecule has 3 amide bonds. The Morgan fingerprint density at radius 2 is 1.76 bits per heavy atom. The minimum Gasteiger partial charge on any atom is -0.345 e. The second kappa shape index (κ2) is 7.99. The van der Waals surface area contributed by atoms with E-state index < -0.39 is 5.92 Å². The molecule has 1 N–H and O–H groups in total. The number of imide groups is 1. The molecule has 2 saturated heterocycles. The van der Waals surface area contributed by atoms with Crippen molar-refractivity contribution in [2.45, 2.75) is 37.5 Å². The summed E-state index contributed by atoms with van der Waals surface area (Å²) in [6.45, 7) is 0.816. The van der Waals surface area contributed by atoms with Crippen LogP contribution in [0.25, 0.3) is 11.1 Å². The van der Waals surface area contributed by atoms with E-state index in [1.165, 1.54) is 0 Å². The Morgan fingerprint density at radius 1 is 1.00 bits per heavy atom. The average Bonchev–Trinajstić information content (AvgIpc) is 2.71. The van der Waals surface area contributed by atoms with Crippen molar-refractivity contribution in [3.8, 4) is 11.1 Å². The maximum atomic E-state index is 12.5. The Kier molecular flexibility index (Phi) is 5.41. The van der Waals surface area contributed by atoms with Gasteiger partial charge >= 0.3 is 0 Å². The third-order valence-corrected chi connectivity index (χ3v) is 6.35. The van der Waals surface area contributed by atoms with Gasteiger partial charge in [-0.05, 0) is 36.0 Å². The molecule has 29 heavy (non-hydrogen) atoms. The van der Waals surface area contributed by atoms with Crippen molar-refractivity contribution in [1.29, 1.82) is 0 Å². The summed E-state index contributed by atoms with van der Waals surface area (Å²) in [6, 6.07) is 13.6. The fourth-order valence-corrected chi connectivity index (χ4v) is 4.64. The fourth-order valence-electron chi connectivity index (χ4n) is 4.27. The average molecular weight is 411 g/mol. The SMILES string of the molecule is CN1CCC[C@@H](c2ccc(-c3cccc(C4CCC(=O)NC4=O)c3Cl)cc2)C1=O. The van der Waals surface area contributed by atoms with Gasteiger partial charge in [0.05, 0.1) is 16.9 Å². The molecule has 0 spiro atoms. The maximum absolute atomic E-state index is 12.5. The van der Waals surface area contributed by atoms with Gasteiger partial charge in [-0.15, -0.1) is 0 Å². The van der Waals surface area contributed by atoms with E-state index in [1.54, 1.807) is 4.90 Å². The highest BCUT2D eigenvalue weighted by atomic mass is 35.5. The highest BCUT2D eigenvalue weighted by Gasteiger charge is 2.30. The standard InChI is InChI=1S/C23H23ClN2O3/c1-26-13-3-6-17(23(26)29)15-9-7-14(8-10-15)16-4-2-5-18(21(16)24)19-11-12-20(27)25-22(19)28/h2,4-5,7-10,17,19H,3,6,11-13H2,1H3,(H,25,27,28)/t17-,19?/m0/s1. The molecule has 2 fully saturated rings. The van der Waals surface area contributed by atoms with Crippen molar-refractivity contribution in [2.75, 3.05) is 13.6 Å². The van der Waals surface area contributed by atoms with Gasteiger partial charge in [0.15, 0.2) is 0 Å². The Morgan fingerprint density at radius 3 is 2.48 bits per heavy atom. The molecule has 2 aromatic rings. The van der Waals surface area contributed by atoms with Gasteiger partial charge in [-0.25, -0.2) is 0 Å². The molecule has 2 aliphatic rings. The molecule has 5 nitrogen and oxygen atoms in total. The molecule has 6 heteroatoms. The first-order chi connectivity index (χ1) is 14.0. The first-order valence-electron chi connectivity index (χ1n) is 9.93. The zero-order chi connectivity index (χ0) is 20.5. The number of nitrogens with zero attached hydrogens (tertiary/aromatic N) is 1. The molecule has 2 atom stereocenters. The molecule has 1 unspecified atom stereocenters. The largest absolute Gasteiger partial charge is 0.345 e. The van der Waals surface area contributed by atoms with Gasteiger partial charge in [0, 0.05) is 25.6 Å². The van der Waals surface area contributed by atoms with Crippen LogP contribution in [0.1, 0.15) is 48.6 Å². The van der Waals surface area contributed by atoms with Crippen LogP contribution in [-0.2, 0) is 14.4 Å². The summed E-state index contributed by atoms with van der Waals surface area (Å²) in [4.78, 5) is 37.9.